The number of hydrogen-bond donors (Lipinski definition) is 2. The summed E-state index contributed by atoms with van der Waals surface area (Å²) in [5.74, 6) is 1.76. The van der Waals surface area contributed by atoms with Crippen LogP contribution in [0.25, 0.3) is 11.0 Å². The summed E-state index contributed by atoms with van der Waals surface area (Å²) in [6.07, 6.45) is 2.84. The Hall–Kier alpha value is -1.68. The van der Waals surface area contributed by atoms with Gasteiger partial charge in [-0.15, -0.1) is 0 Å². The van der Waals surface area contributed by atoms with E-state index < -0.39 is 0 Å². The van der Waals surface area contributed by atoms with Gasteiger partial charge in [0.2, 0.25) is 0 Å². The van der Waals surface area contributed by atoms with Crippen molar-refractivity contribution < 1.29 is 4.79 Å². The fraction of sp³-hybridized carbons (Fsp3) is 0.385. The fourth-order valence-corrected chi connectivity index (χ4v) is 2.03. The van der Waals surface area contributed by atoms with E-state index in [9.17, 15) is 4.79 Å². The van der Waals surface area contributed by atoms with Crippen molar-refractivity contribution in [2.24, 2.45) is 5.73 Å². The number of nitrogens with one attached hydrogen (secondary N) is 1. The number of H-pyrrole nitrogens is 1. The van der Waals surface area contributed by atoms with Gasteiger partial charge in [0.15, 0.2) is 5.78 Å². The van der Waals surface area contributed by atoms with E-state index in [0.29, 0.717) is 24.4 Å². The quantitative estimate of drug-likeness (QED) is 0.787. The Morgan fingerprint density at radius 2 is 2.29 bits per heavy atom. The summed E-state index contributed by atoms with van der Waals surface area (Å²) in [4.78, 5) is 19.6. The fourth-order valence-electron chi connectivity index (χ4n) is 2.03. The number of imidazole rings is 1. The minimum atomic E-state index is 0.0944. The summed E-state index contributed by atoms with van der Waals surface area (Å²) in [5, 5.41) is 0. The Bertz CT molecular complexity index is 569. The molecule has 17 heavy (non-hydrogen) atoms. The predicted octanol–water partition coefficient (Wildman–Crippen LogP) is 1.97. The SMILES string of the molecule is NCCC(=O)c1ccc2nc(C3CC3)[nH]c2c1. The van der Waals surface area contributed by atoms with Crippen LogP contribution < -0.4 is 5.73 Å². The number of nitrogens with two attached hydrogens (primary N) is 1. The van der Waals surface area contributed by atoms with Crippen molar-refractivity contribution in [3.63, 3.8) is 0 Å². The van der Waals surface area contributed by atoms with E-state index in [1.807, 2.05) is 18.2 Å². The van der Waals surface area contributed by atoms with E-state index in [2.05, 4.69) is 9.97 Å². The number of carbonyl (C=O) groups excluding carboxylic acids is 1. The number of hydrogen-bond acceptors (Lipinski definition) is 3. The molecule has 0 spiro atoms. The molecule has 1 aliphatic carbocycles. The first-order valence-corrected chi connectivity index (χ1v) is 6.01. The van der Waals surface area contributed by atoms with Crippen LogP contribution in [-0.2, 0) is 0 Å². The minimum Gasteiger partial charge on any atom is -0.342 e. The van der Waals surface area contributed by atoms with E-state index in [0.717, 1.165) is 16.9 Å². The van der Waals surface area contributed by atoms with Gasteiger partial charge in [-0.1, -0.05) is 0 Å². The first-order chi connectivity index (χ1) is 8.28. The van der Waals surface area contributed by atoms with E-state index >= 15 is 0 Å². The molecule has 3 N–H and O–H groups in total. The zero-order valence-electron chi connectivity index (χ0n) is 9.57. The van der Waals surface area contributed by atoms with E-state index in [1.165, 1.54) is 12.8 Å². The van der Waals surface area contributed by atoms with Crippen LogP contribution in [-0.4, -0.2) is 22.3 Å². The van der Waals surface area contributed by atoms with Gasteiger partial charge < -0.3 is 10.7 Å². The monoisotopic (exact) mass is 229 g/mol. The third-order valence-corrected chi connectivity index (χ3v) is 3.16. The highest BCUT2D eigenvalue weighted by atomic mass is 16.1. The Balaban J connectivity index is 1.97. The molecule has 1 aliphatic rings. The molecule has 4 nitrogen and oxygen atoms in total. The summed E-state index contributed by atoms with van der Waals surface area (Å²) in [6.45, 7) is 0.396. The first-order valence-electron chi connectivity index (χ1n) is 6.01. The standard InChI is InChI=1S/C13H15N3O/c14-6-5-12(17)9-3-4-10-11(7-9)16-13(15-10)8-1-2-8/h3-4,7-8H,1-2,5-6,14H2,(H,15,16). The lowest BCUT2D eigenvalue weighted by atomic mass is 10.1. The van der Waals surface area contributed by atoms with Gasteiger partial charge in [-0.05, 0) is 37.6 Å². The lowest BCUT2D eigenvalue weighted by molar-refractivity contribution is 0.0985. The summed E-state index contributed by atoms with van der Waals surface area (Å²) in [7, 11) is 0. The highest BCUT2D eigenvalue weighted by Gasteiger charge is 2.26. The van der Waals surface area contributed by atoms with Crippen LogP contribution in [0.1, 0.15) is 41.4 Å². The minimum absolute atomic E-state index is 0.0944. The molecule has 1 aromatic carbocycles. The van der Waals surface area contributed by atoms with Crippen molar-refractivity contribution in [3.8, 4) is 0 Å². The molecule has 3 rings (SSSR count). The molecule has 1 aromatic heterocycles. The zero-order valence-corrected chi connectivity index (χ0v) is 9.57. The van der Waals surface area contributed by atoms with Crippen LogP contribution in [0.3, 0.4) is 0 Å². The third-order valence-electron chi connectivity index (χ3n) is 3.16. The first kappa shape index (κ1) is 10.5. The second-order valence-corrected chi connectivity index (χ2v) is 4.59. The number of nitrogens with zero attached hydrogens (tertiary/aromatic N) is 1. The van der Waals surface area contributed by atoms with Crippen molar-refractivity contribution in [2.75, 3.05) is 6.54 Å². The van der Waals surface area contributed by atoms with Crippen LogP contribution >= 0.6 is 0 Å². The van der Waals surface area contributed by atoms with Gasteiger partial charge in [0.1, 0.15) is 5.82 Å². The molecule has 0 radical (unpaired) electrons. The summed E-state index contributed by atoms with van der Waals surface area (Å²) >= 11 is 0. The van der Waals surface area contributed by atoms with Crippen LogP contribution in [0.2, 0.25) is 0 Å². The van der Waals surface area contributed by atoms with Crippen LogP contribution in [0, 0.1) is 0 Å². The smallest absolute Gasteiger partial charge is 0.164 e. The lowest BCUT2D eigenvalue weighted by Gasteiger charge is -1.98. The molecule has 0 amide bonds. The lowest BCUT2D eigenvalue weighted by Crippen LogP contribution is -2.07. The number of aromatic nitrogens is 2. The van der Waals surface area contributed by atoms with Crippen molar-refractivity contribution in [3.05, 3.63) is 29.6 Å². The number of ketones is 1. The molecule has 0 atom stereocenters. The van der Waals surface area contributed by atoms with Crippen molar-refractivity contribution in [1.82, 2.24) is 9.97 Å². The molecule has 1 heterocycles. The number of rotatable bonds is 4. The summed E-state index contributed by atoms with van der Waals surface area (Å²) in [5.41, 5.74) is 8.00. The average Bonchev–Trinajstić information content (AvgIpc) is 3.08. The number of benzene rings is 1. The van der Waals surface area contributed by atoms with Gasteiger partial charge in [-0.3, -0.25) is 4.79 Å². The molecule has 0 unspecified atom stereocenters. The van der Waals surface area contributed by atoms with E-state index in [1.54, 1.807) is 0 Å². The maximum atomic E-state index is 11.7. The van der Waals surface area contributed by atoms with Crippen molar-refractivity contribution >= 4 is 16.8 Å². The highest BCUT2D eigenvalue weighted by molar-refractivity contribution is 5.98. The van der Waals surface area contributed by atoms with Crippen LogP contribution in [0.15, 0.2) is 18.2 Å². The molecule has 1 saturated carbocycles. The summed E-state index contributed by atoms with van der Waals surface area (Å²) in [6, 6.07) is 5.62. The van der Waals surface area contributed by atoms with Gasteiger partial charge in [-0.25, -0.2) is 4.98 Å². The molecule has 1 fully saturated rings. The molecular weight excluding hydrogens is 214 g/mol. The van der Waals surface area contributed by atoms with Gasteiger partial charge in [-0.2, -0.15) is 0 Å². The van der Waals surface area contributed by atoms with Crippen LogP contribution in [0.5, 0.6) is 0 Å². The Labute approximate surface area is 99.2 Å². The van der Waals surface area contributed by atoms with E-state index in [-0.39, 0.29) is 5.78 Å². The van der Waals surface area contributed by atoms with E-state index in [4.69, 9.17) is 5.73 Å². The molecule has 2 aromatic rings. The maximum absolute atomic E-state index is 11.7. The number of Topliss-reactive ketones (excluding diaryl/α,β-unsaturated/α-hetero) is 1. The number of carbonyl (C=O) groups is 1. The van der Waals surface area contributed by atoms with Gasteiger partial charge in [0.05, 0.1) is 11.0 Å². The topological polar surface area (TPSA) is 71.8 Å². The molecule has 88 valence electrons. The normalized spacial score (nSPS) is 15.4. The third kappa shape index (κ3) is 1.96. The second-order valence-electron chi connectivity index (χ2n) is 4.59. The molecule has 0 saturated heterocycles. The zero-order chi connectivity index (χ0) is 11.8. The van der Waals surface area contributed by atoms with Crippen molar-refractivity contribution in [2.45, 2.75) is 25.2 Å². The highest BCUT2D eigenvalue weighted by Crippen LogP contribution is 2.39. The molecule has 0 bridgehead atoms. The van der Waals surface area contributed by atoms with Crippen LogP contribution in [0.4, 0.5) is 0 Å². The Morgan fingerprint density at radius 1 is 1.47 bits per heavy atom. The molecule has 0 aliphatic heterocycles. The number of aromatic amines is 1. The number of fused-ring (bicyclic) bond motifs is 1. The maximum Gasteiger partial charge on any atom is 0.164 e. The van der Waals surface area contributed by atoms with Gasteiger partial charge in [0.25, 0.3) is 0 Å². The molecule has 4 heteroatoms. The second kappa shape index (κ2) is 3.96. The van der Waals surface area contributed by atoms with Gasteiger partial charge in [0, 0.05) is 17.9 Å². The molecular formula is C13H15N3O. The largest absolute Gasteiger partial charge is 0.342 e. The predicted molar refractivity (Wildman–Crippen MR) is 66.1 cm³/mol. The summed E-state index contributed by atoms with van der Waals surface area (Å²) < 4.78 is 0. The van der Waals surface area contributed by atoms with Crippen molar-refractivity contribution in [1.29, 1.82) is 0 Å². The van der Waals surface area contributed by atoms with Gasteiger partial charge >= 0.3 is 0 Å². The Kier molecular flexibility index (Phi) is 2.44. The average molecular weight is 229 g/mol. The Morgan fingerprint density at radius 3 is 3.00 bits per heavy atom.